The maximum atomic E-state index is 12.9. The van der Waals surface area contributed by atoms with Gasteiger partial charge in [0, 0.05) is 51.9 Å². The number of benzene rings is 1. The average Bonchev–Trinajstić information content (AvgIpc) is 2.73. The highest BCUT2D eigenvalue weighted by Gasteiger charge is 2.35. The van der Waals surface area contributed by atoms with Crippen molar-refractivity contribution in [1.29, 1.82) is 0 Å². The third kappa shape index (κ3) is 5.46. The van der Waals surface area contributed by atoms with Crippen molar-refractivity contribution in [3.05, 3.63) is 29.8 Å². The van der Waals surface area contributed by atoms with Crippen molar-refractivity contribution in [3.8, 4) is 5.75 Å². The number of piperidine rings is 1. The van der Waals surface area contributed by atoms with Gasteiger partial charge in [0.05, 0.1) is 13.5 Å². The highest BCUT2D eigenvalue weighted by molar-refractivity contribution is 5.79. The lowest BCUT2D eigenvalue weighted by Crippen LogP contribution is -2.57. The number of methoxy groups -OCH3 is 1. The molecule has 1 aromatic rings. The molecule has 3 rings (SSSR count). The van der Waals surface area contributed by atoms with E-state index in [4.69, 9.17) is 4.74 Å². The number of carbonyl (C=O) groups excluding carboxylic acids is 1. The molecule has 0 aliphatic carbocycles. The first-order chi connectivity index (χ1) is 13.6. The zero-order valence-electron chi connectivity index (χ0n) is 17.3. The molecule has 156 valence electrons. The minimum Gasteiger partial charge on any atom is -0.497 e. The Kier molecular flexibility index (Phi) is 7.71. The van der Waals surface area contributed by atoms with Crippen molar-refractivity contribution in [3.63, 3.8) is 0 Å². The monoisotopic (exact) mass is 389 g/mol. The lowest BCUT2D eigenvalue weighted by atomic mass is 9.86. The van der Waals surface area contributed by atoms with E-state index in [0.29, 0.717) is 18.4 Å². The van der Waals surface area contributed by atoms with Gasteiger partial charge < -0.3 is 19.6 Å². The molecule has 1 N–H and O–H groups in total. The Morgan fingerprint density at radius 2 is 2.00 bits per heavy atom. The fraction of sp³-hybridized carbons (Fsp3) is 0.682. The maximum Gasteiger partial charge on any atom is 0.227 e. The van der Waals surface area contributed by atoms with Gasteiger partial charge in [0.25, 0.3) is 0 Å². The van der Waals surface area contributed by atoms with Gasteiger partial charge in [0.15, 0.2) is 0 Å². The standard InChI is InChI=1S/C22H35N3O3/c1-23-10-12-24(13-11-23)21-8-9-25(17-19(21)6-4-14-26)22(27)16-18-5-3-7-20(15-18)28-2/h3,5,7,15,19,21,26H,4,6,8-14,16-17H2,1-2H3/t19-,21+/m0/s1. The molecule has 2 fully saturated rings. The van der Waals surface area contributed by atoms with E-state index >= 15 is 0 Å². The number of likely N-dealkylation sites (N-methyl/N-ethyl adjacent to an activating group) is 1. The Labute approximate surface area is 169 Å². The minimum absolute atomic E-state index is 0.194. The number of amides is 1. The number of likely N-dealkylation sites (tertiary alicyclic amines) is 1. The summed E-state index contributed by atoms with van der Waals surface area (Å²) in [4.78, 5) is 20.0. The molecule has 6 nitrogen and oxygen atoms in total. The third-order valence-electron chi connectivity index (χ3n) is 6.28. The molecule has 2 aliphatic rings. The number of hydrogen-bond acceptors (Lipinski definition) is 5. The van der Waals surface area contributed by atoms with Crippen LogP contribution in [-0.2, 0) is 11.2 Å². The summed E-state index contributed by atoms with van der Waals surface area (Å²) >= 11 is 0. The molecule has 0 bridgehead atoms. The van der Waals surface area contributed by atoms with Crippen molar-refractivity contribution in [2.75, 3.05) is 60.0 Å². The van der Waals surface area contributed by atoms with E-state index in [1.807, 2.05) is 29.2 Å². The minimum atomic E-state index is 0.194. The molecule has 0 aromatic heterocycles. The maximum absolute atomic E-state index is 12.9. The van der Waals surface area contributed by atoms with E-state index in [-0.39, 0.29) is 12.5 Å². The van der Waals surface area contributed by atoms with E-state index in [1.165, 1.54) is 0 Å². The predicted molar refractivity (Wildman–Crippen MR) is 111 cm³/mol. The molecule has 0 radical (unpaired) electrons. The van der Waals surface area contributed by atoms with Crippen LogP contribution in [0.15, 0.2) is 24.3 Å². The Bertz CT molecular complexity index is 631. The molecule has 0 saturated carbocycles. The summed E-state index contributed by atoms with van der Waals surface area (Å²) in [5.74, 6) is 1.43. The number of hydrogen-bond donors (Lipinski definition) is 1. The molecular weight excluding hydrogens is 354 g/mol. The second-order valence-electron chi connectivity index (χ2n) is 8.19. The van der Waals surface area contributed by atoms with Gasteiger partial charge in [-0.15, -0.1) is 0 Å². The van der Waals surface area contributed by atoms with Crippen LogP contribution in [0.3, 0.4) is 0 Å². The number of aliphatic hydroxyl groups excluding tert-OH is 1. The Morgan fingerprint density at radius 1 is 1.21 bits per heavy atom. The van der Waals surface area contributed by atoms with Crippen LogP contribution in [0.25, 0.3) is 0 Å². The Morgan fingerprint density at radius 3 is 2.71 bits per heavy atom. The van der Waals surface area contributed by atoms with E-state index < -0.39 is 0 Å². The summed E-state index contributed by atoms with van der Waals surface area (Å²) in [5, 5.41) is 9.33. The number of rotatable bonds is 7. The zero-order valence-corrected chi connectivity index (χ0v) is 17.3. The van der Waals surface area contributed by atoms with Gasteiger partial charge in [-0.3, -0.25) is 9.69 Å². The number of carbonyl (C=O) groups is 1. The summed E-state index contributed by atoms with van der Waals surface area (Å²) in [6, 6.07) is 8.30. The SMILES string of the molecule is COc1cccc(CC(=O)N2CC[C@@H](N3CCN(C)CC3)[C@@H](CCCO)C2)c1. The Hall–Kier alpha value is -1.63. The van der Waals surface area contributed by atoms with Crippen LogP contribution in [-0.4, -0.2) is 91.8 Å². The normalized spacial score (nSPS) is 24.3. The first-order valence-corrected chi connectivity index (χ1v) is 10.5. The van der Waals surface area contributed by atoms with Crippen molar-refractivity contribution < 1.29 is 14.6 Å². The zero-order chi connectivity index (χ0) is 19.9. The molecule has 0 spiro atoms. The summed E-state index contributed by atoms with van der Waals surface area (Å²) in [6.07, 6.45) is 3.25. The summed E-state index contributed by atoms with van der Waals surface area (Å²) < 4.78 is 5.27. The van der Waals surface area contributed by atoms with Gasteiger partial charge in [-0.05, 0) is 49.9 Å². The third-order valence-corrected chi connectivity index (χ3v) is 6.28. The van der Waals surface area contributed by atoms with Gasteiger partial charge in [0.2, 0.25) is 5.91 Å². The molecule has 6 heteroatoms. The molecule has 0 unspecified atom stereocenters. The van der Waals surface area contributed by atoms with Gasteiger partial charge in [-0.1, -0.05) is 12.1 Å². The van der Waals surface area contributed by atoms with E-state index in [0.717, 1.165) is 69.8 Å². The predicted octanol–water partition coefficient (Wildman–Crippen LogP) is 1.47. The molecule has 2 atom stereocenters. The van der Waals surface area contributed by atoms with Crippen LogP contribution in [0.1, 0.15) is 24.8 Å². The molecule has 1 amide bonds. The number of piperazine rings is 1. The molecule has 1 aromatic carbocycles. The highest BCUT2D eigenvalue weighted by atomic mass is 16.5. The van der Waals surface area contributed by atoms with E-state index in [9.17, 15) is 9.90 Å². The van der Waals surface area contributed by atoms with Gasteiger partial charge in [-0.25, -0.2) is 0 Å². The summed E-state index contributed by atoms with van der Waals surface area (Å²) in [6.45, 7) is 6.30. The highest BCUT2D eigenvalue weighted by Crippen LogP contribution is 2.27. The van der Waals surface area contributed by atoms with Gasteiger partial charge in [0.1, 0.15) is 5.75 Å². The Balaban J connectivity index is 1.61. The van der Waals surface area contributed by atoms with Crippen LogP contribution in [0.5, 0.6) is 5.75 Å². The van der Waals surface area contributed by atoms with Crippen LogP contribution in [0, 0.1) is 5.92 Å². The molecule has 2 saturated heterocycles. The van der Waals surface area contributed by atoms with Gasteiger partial charge >= 0.3 is 0 Å². The van der Waals surface area contributed by atoms with Crippen molar-refractivity contribution in [2.24, 2.45) is 5.92 Å². The van der Waals surface area contributed by atoms with Crippen LogP contribution in [0.2, 0.25) is 0 Å². The van der Waals surface area contributed by atoms with Crippen LogP contribution in [0.4, 0.5) is 0 Å². The van der Waals surface area contributed by atoms with Crippen molar-refractivity contribution in [2.45, 2.75) is 31.7 Å². The van der Waals surface area contributed by atoms with Crippen LogP contribution >= 0.6 is 0 Å². The molecule has 2 heterocycles. The molecular formula is C22H35N3O3. The first-order valence-electron chi connectivity index (χ1n) is 10.5. The average molecular weight is 390 g/mol. The number of nitrogens with zero attached hydrogens (tertiary/aromatic N) is 3. The lowest BCUT2D eigenvalue weighted by Gasteiger charge is -2.46. The summed E-state index contributed by atoms with van der Waals surface area (Å²) in [7, 11) is 3.83. The number of aliphatic hydroxyl groups is 1. The second-order valence-corrected chi connectivity index (χ2v) is 8.19. The topological polar surface area (TPSA) is 56.2 Å². The largest absolute Gasteiger partial charge is 0.497 e. The quantitative estimate of drug-likeness (QED) is 0.766. The van der Waals surface area contributed by atoms with Crippen molar-refractivity contribution in [1.82, 2.24) is 14.7 Å². The summed E-state index contributed by atoms with van der Waals surface area (Å²) in [5.41, 5.74) is 0.998. The second kappa shape index (κ2) is 10.2. The fourth-order valence-electron chi connectivity index (χ4n) is 4.59. The van der Waals surface area contributed by atoms with Crippen molar-refractivity contribution >= 4 is 5.91 Å². The molecule has 2 aliphatic heterocycles. The molecule has 28 heavy (non-hydrogen) atoms. The fourth-order valence-corrected chi connectivity index (χ4v) is 4.59. The van der Waals surface area contributed by atoms with E-state index in [1.54, 1.807) is 7.11 Å². The lowest BCUT2D eigenvalue weighted by molar-refractivity contribution is -0.133. The van der Waals surface area contributed by atoms with Gasteiger partial charge in [-0.2, -0.15) is 0 Å². The van der Waals surface area contributed by atoms with E-state index in [2.05, 4.69) is 16.8 Å². The smallest absolute Gasteiger partial charge is 0.227 e. The first kappa shape index (κ1) is 21.1. The number of ether oxygens (including phenoxy) is 1. The van der Waals surface area contributed by atoms with Crippen LogP contribution < -0.4 is 4.74 Å².